The minimum absolute atomic E-state index is 0.0779. The number of alkyl halides is 1. The normalized spacial score (nSPS) is 19.0. The standard InChI is InChI=1S/C22H23ClN2O8S/c1-12(26)31-9-16-10-34-21-18(24-17(28)7-14-3-5-15(8-23)6-4-14)20(29)25(21)19(16)22(30)33-11-32-13(2)27/h3-6,18,21H,7-11H2,1-2H3,(H,24,28). The summed E-state index contributed by atoms with van der Waals surface area (Å²) >= 11 is 7.10. The van der Waals surface area contributed by atoms with Gasteiger partial charge in [0.15, 0.2) is 0 Å². The number of nitrogens with zero attached hydrogens (tertiary/aromatic N) is 1. The number of hydrogen-bond acceptors (Lipinski definition) is 9. The van der Waals surface area contributed by atoms with Gasteiger partial charge in [-0.2, -0.15) is 0 Å². The van der Waals surface area contributed by atoms with Crippen LogP contribution >= 0.6 is 23.4 Å². The third kappa shape index (κ3) is 6.09. The maximum atomic E-state index is 12.9. The van der Waals surface area contributed by atoms with Gasteiger partial charge >= 0.3 is 17.9 Å². The van der Waals surface area contributed by atoms with Gasteiger partial charge in [-0.15, -0.1) is 23.4 Å². The zero-order valence-corrected chi connectivity index (χ0v) is 20.1. The second kappa shape index (κ2) is 11.4. The summed E-state index contributed by atoms with van der Waals surface area (Å²) in [5.74, 6) is -2.28. The van der Waals surface area contributed by atoms with Gasteiger partial charge < -0.3 is 19.5 Å². The highest BCUT2D eigenvalue weighted by atomic mass is 35.5. The summed E-state index contributed by atoms with van der Waals surface area (Å²) < 4.78 is 14.6. The van der Waals surface area contributed by atoms with Crippen LogP contribution in [-0.4, -0.2) is 65.2 Å². The molecule has 0 aromatic heterocycles. The van der Waals surface area contributed by atoms with Gasteiger partial charge in [-0.1, -0.05) is 24.3 Å². The molecule has 1 fully saturated rings. The van der Waals surface area contributed by atoms with E-state index in [1.54, 1.807) is 12.1 Å². The zero-order valence-electron chi connectivity index (χ0n) is 18.5. The first-order valence-electron chi connectivity index (χ1n) is 10.2. The van der Waals surface area contributed by atoms with Gasteiger partial charge in [0.1, 0.15) is 23.7 Å². The van der Waals surface area contributed by atoms with Gasteiger partial charge in [-0.25, -0.2) is 4.79 Å². The molecule has 34 heavy (non-hydrogen) atoms. The van der Waals surface area contributed by atoms with Crippen molar-refractivity contribution in [1.82, 2.24) is 10.2 Å². The van der Waals surface area contributed by atoms with Crippen LogP contribution in [0, 0.1) is 0 Å². The average Bonchev–Trinajstić information content (AvgIpc) is 2.80. The van der Waals surface area contributed by atoms with Gasteiger partial charge in [0.05, 0.1) is 6.42 Å². The number of benzene rings is 1. The Morgan fingerprint density at radius 1 is 1.06 bits per heavy atom. The quantitative estimate of drug-likeness (QED) is 0.226. The van der Waals surface area contributed by atoms with Gasteiger partial charge in [-0.3, -0.25) is 24.1 Å². The minimum Gasteiger partial charge on any atom is -0.461 e. The predicted octanol–water partition coefficient (Wildman–Crippen LogP) is 1.25. The van der Waals surface area contributed by atoms with E-state index in [1.807, 2.05) is 12.1 Å². The van der Waals surface area contributed by atoms with Crippen molar-refractivity contribution in [2.24, 2.45) is 0 Å². The fourth-order valence-electron chi connectivity index (χ4n) is 3.36. The lowest BCUT2D eigenvalue weighted by Gasteiger charge is -2.49. The van der Waals surface area contributed by atoms with Gasteiger partial charge in [-0.05, 0) is 11.1 Å². The highest BCUT2D eigenvalue weighted by Gasteiger charge is 2.54. The Kier molecular flexibility index (Phi) is 8.56. The van der Waals surface area contributed by atoms with E-state index in [0.717, 1.165) is 18.1 Å². The third-order valence-electron chi connectivity index (χ3n) is 5.00. The van der Waals surface area contributed by atoms with Crippen LogP contribution in [-0.2, 0) is 50.5 Å². The van der Waals surface area contributed by atoms with E-state index in [1.165, 1.54) is 23.6 Å². The number of nitrogens with one attached hydrogen (secondary N) is 1. The van der Waals surface area contributed by atoms with Gasteiger partial charge in [0, 0.05) is 31.1 Å². The molecule has 2 unspecified atom stereocenters. The smallest absolute Gasteiger partial charge is 0.358 e. The highest BCUT2D eigenvalue weighted by molar-refractivity contribution is 8.00. The molecule has 1 N–H and O–H groups in total. The number of ether oxygens (including phenoxy) is 3. The molecule has 1 saturated heterocycles. The molecule has 2 atom stereocenters. The Balaban J connectivity index is 1.69. The fraction of sp³-hybridized carbons (Fsp3) is 0.409. The minimum atomic E-state index is -0.897. The van der Waals surface area contributed by atoms with Crippen LogP contribution in [0.3, 0.4) is 0 Å². The van der Waals surface area contributed by atoms with Crippen LogP contribution in [0.15, 0.2) is 35.5 Å². The fourth-order valence-corrected chi connectivity index (χ4v) is 4.87. The van der Waals surface area contributed by atoms with E-state index in [2.05, 4.69) is 10.1 Å². The van der Waals surface area contributed by atoms with Crippen LogP contribution in [0.5, 0.6) is 0 Å². The van der Waals surface area contributed by atoms with Crippen LogP contribution < -0.4 is 5.32 Å². The molecule has 2 amide bonds. The molecule has 3 rings (SSSR count). The highest BCUT2D eigenvalue weighted by Crippen LogP contribution is 2.40. The van der Waals surface area contributed by atoms with Crippen molar-refractivity contribution >= 4 is 53.1 Å². The summed E-state index contributed by atoms with van der Waals surface area (Å²) in [5, 5.41) is 2.18. The molecule has 0 bridgehead atoms. The molecule has 0 aliphatic carbocycles. The lowest BCUT2D eigenvalue weighted by Crippen LogP contribution is -2.70. The lowest BCUT2D eigenvalue weighted by atomic mass is 10.0. The van der Waals surface area contributed by atoms with Crippen molar-refractivity contribution in [3.63, 3.8) is 0 Å². The second-order valence-electron chi connectivity index (χ2n) is 7.50. The Morgan fingerprint density at radius 2 is 1.71 bits per heavy atom. The summed E-state index contributed by atoms with van der Waals surface area (Å²) in [6.45, 7) is 1.56. The van der Waals surface area contributed by atoms with E-state index in [9.17, 15) is 24.0 Å². The molecular weight excluding hydrogens is 488 g/mol. The first kappa shape index (κ1) is 25.6. The van der Waals surface area contributed by atoms with Crippen LogP contribution in [0.4, 0.5) is 0 Å². The molecule has 2 heterocycles. The third-order valence-corrected chi connectivity index (χ3v) is 6.65. The molecule has 10 nitrogen and oxygen atoms in total. The number of rotatable bonds is 9. The maximum absolute atomic E-state index is 12.9. The first-order chi connectivity index (χ1) is 16.2. The Labute approximate surface area is 204 Å². The van der Waals surface area contributed by atoms with Crippen molar-refractivity contribution in [2.45, 2.75) is 37.6 Å². The second-order valence-corrected chi connectivity index (χ2v) is 8.87. The Hall–Kier alpha value is -3.05. The number of amides is 2. The van der Waals surface area contributed by atoms with E-state index in [4.69, 9.17) is 21.1 Å². The molecule has 1 aromatic carbocycles. The van der Waals surface area contributed by atoms with Crippen LogP contribution in [0.1, 0.15) is 25.0 Å². The van der Waals surface area contributed by atoms with Crippen molar-refractivity contribution in [3.8, 4) is 0 Å². The summed E-state index contributed by atoms with van der Waals surface area (Å²) in [7, 11) is 0. The largest absolute Gasteiger partial charge is 0.461 e. The number of carbonyl (C=O) groups excluding carboxylic acids is 5. The lowest BCUT2D eigenvalue weighted by molar-refractivity contribution is -0.167. The molecular formula is C22H23ClN2O8S. The maximum Gasteiger partial charge on any atom is 0.358 e. The van der Waals surface area contributed by atoms with Crippen molar-refractivity contribution in [2.75, 3.05) is 19.2 Å². The van der Waals surface area contributed by atoms with Crippen molar-refractivity contribution < 1.29 is 38.2 Å². The van der Waals surface area contributed by atoms with Crippen molar-refractivity contribution in [3.05, 3.63) is 46.7 Å². The first-order valence-corrected chi connectivity index (χ1v) is 11.8. The molecule has 2 aliphatic rings. The number of esters is 3. The molecule has 182 valence electrons. The zero-order chi connectivity index (χ0) is 24.8. The number of thioether (sulfide) groups is 1. The molecule has 0 saturated carbocycles. The van der Waals surface area contributed by atoms with Crippen LogP contribution in [0.2, 0.25) is 0 Å². The topological polar surface area (TPSA) is 128 Å². The predicted molar refractivity (Wildman–Crippen MR) is 121 cm³/mol. The van der Waals surface area contributed by atoms with E-state index < -0.39 is 42.0 Å². The Bertz CT molecular complexity index is 1030. The summed E-state index contributed by atoms with van der Waals surface area (Å²) in [6, 6.07) is 6.41. The molecule has 2 aliphatic heterocycles. The van der Waals surface area contributed by atoms with Crippen molar-refractivity contribution in [1.29, 1.82) is 0 Å². The molecule has 0 spiro atoms. The number of carbonyl (C=O) groups is 5. The monoisotopic (exact) mass is 510 g/mol. The molecule has 0 radical (unpaired) electrons. The molecule has 1 aromatic rings. The average molecular weight is 511 g/mol. The number of hydrogen-bond donors (Lipinski definition) is 1. The summed E-state index contributed by atoms with van der Waals surface area (Å²) in [4.78, 5) is 61.5. The number of fused-ring (bicyclic) bond motifs is 1. The van der Waals surface area contributed by atoms with Gasteiger partial charge in [0.2, 0.25) is 12.7 Å². The van der Waals surface area contributed by atoms with Crippen LogP contribution in [0.25, 0.3) is 0 Å². The van der Waals surface area contributed by atoms with E-state index >= 15 is 0 Å². The summed E-state index contributed by atoms with van der Waals surface area (Å²) in [5.41, 5.74) is 1.99. The molecule has 12 heteroatoms. The van der Waals surface area contributed by atoms with E-state index in [-0.39, 0.29) is 30.4 Å². The van der Waals surface area contributed by atoms with E-state index in [0.29, 0.717) is 11.5 Å². The Morgan fingerprint density at radius 3 is 2.32 bits per heavy atom. The number of β-lactam (4-membered cyclic amide) rings is 1. The number of halogens is 1. The summed E-state index contributed by atoms with van der Waals surface area (Å²) in [6.07, 6.45) is 0.0779. The SMILES string of the molecule is CC(=O)OCOC(=O)C1=C(COC(C)=O)CSC2C(NC(=O)Cc3ccc(CCl)cc3)C(=O)N12. The van der Waals surface area contributed by atoms with Gasteiger partial charge in [0.25, 0.3) is 5.91 Å².